The third-order valence-corrected chi connectivity index (χ3v) is 8.62. The third kappa shape index (κ3) is 5.51. The fourth-order valence-corrected chi connectivity index (χ4v) is 5.87. The van der Waals surface area contributed by atoms with Crippen molar-refractivity contribution < 1.29 is 28.2 Å². The normalized spacial score (nSPS) is 16.2. The summed E-state index contributed by atoms with van der Waals surface area (Å²) < 4.78 is 29.7. The van der Waals surface area contributed by atoms with Crippen LogP contribution in [0.1, 0.15) is 33.8 Å². The van der Waals surface area contributed by atoms with Crippen molar-refractivity contribution in [2.24, 2.45) is 0 Å². The molecule has 3 aromatic rings. The van der Waals surface area contributed by atoms with Crippen molar-refractivity contribution in [2.75, 3.05) is 47.6 Å². The molecule has 0 bridgehead atoms. The van der Waals surface area contributed by atoms with E-state index in [9.17, 15) is 23.4 Å². The van der Waals surface area contributed by atoms with Crippen LogP contribution < -0.4 is 19.9 Å². The highest BCUT2D eigenvalue weighted by atomic mass is 32.2. The molecule has 4 heterocycles. The Balaban J connectivity index is 1.50. The van der Waals surface area contributed by atoms with Gasteiger partial charge in [0, 0.05) is 25.9 Å². The summed E-state index contributed by atoms with van der Waals surface area (Å²) in [6.45, 7) is 4.26. The summed E-state index contributed by atoms with van der Waals surface area (Å²) in [7, 11) is -3.29. The molecule has 38 heavy (non-hydrogen) atoms. The molecule has 0 atom stereocenters. The molecule has 1 aromatic carbocycles. The number of aliphatic hydroxyl groups is 1. The first-order valence-electron chi connectivity index (χ1n) is 12.1. The van der Waals surface area contributed by atoms with E-state index < -0.39 is 15.8 Å². The first-order valence-corrected chi connectivity index (χ1v) is 14.8. The van der Waals surface area contributed by atoms with Crippen LogP contribution in [0.2, 0.25) is 0 Å². The van der Waals surface area contributed by atoms with Crippen molar-refractivity contribution in [3.05, 3.63) is 40.4 Å². The third-order valence-electron chi connectivity index (χ3n) is 6.44. The summed E-state index contributed by atoms with van der Waals surface area (Å²) in [6.07, 6.45) is 2.02. The Bertz CT molecular complexity index is 1450. The number of carboxylic acids is 1. The number of nitrogens with one attached hydrogen (secondary N) is 1. The number of sulfone groups is 1. The maximum atomic E-state index is 11.8. The number of anilines is 4. The fraction of sp³-hybridized carbons (Fsp3) is 0.417. The highest BCUT2D eigenvalue weighted by Gasteiger charge is 2.30. The molecule has 2 aliphatic heterocycles. The standard InChI is InChI=1S/C24H28N6O6S2/c1-14-19(22(32)33)37-24(25-14)28-23-26-20(29-9-7-16(31)8-10-29)18-21(27-23)30(11-12-36-18)13-15-3-5-17(6-4-15)38(2,34)35/h3-6,16,31H,7-13H2,1-2H3,(H,32,33)(H,25,26,27,28). The lowest BCUT2D eigenvalue weighted by molar-refractivity contribution is 0.0701. The van der Waals surface area contributed by atoms with Gasteiger partial charge < -0.3 is 24.7 Å². The highest BCUT2D eigenvalue weighted by Crippen LogP contribution is 2.41. The van der Waals surface area contributed by atoms with Gasteiger partial charge in [-0.15, -0.1) is 0 Å². The van der Waals surface area contributed by atoms with Gasteiger partial charge in [0.05, 0.1) is 23.2 Å². The highest BCUT2D eigenvalue weighted by molar-refractivity contribution is 7.90. The van der Waals surface area contributed by atoms with Gasteiger partial charge in [-0.05, 0) is 37.5 Å². The van der Waals surface area contributed by atoms with E-state index in [2.05, 4.69) is 15.2 Å². The number of hydrogen-bond donors (Lipinski definition) is 3. The van der Waals surface area contributed by atoms with E-state index in [1.807, 2.05) is 4.90 Å². The molecule has 0 amide bonds. The number of carbonyl (C=O) groups is 1. The van der Waals surface area contributed by atoms with Crippen LogP contribution in [-0.4, -0.2) is 78.2 Å². The Labute approximate surface area is 223 Å². The van der Waals surface area contributed by atoms with Gasteiger partial charge in [0.25, 0.3) is 0 Å². The number of ether oxygens (including phenoxy) is 1. The Morgan fingerprint density at radius 2 is 1.82 bits per heavy atom. The first kappa shape index (κ1) is 26.1. The molecule has 0 saturated carbocycles. The molecule has 14 heteroatoms. The van der Waals surface area contributed by atoms with Crippen LogP contribution >= 0.6 is 11.3 Å². The van der Waals surface area contributed by atoms with Crippen molar-refractivity contribution >= 4 is 49.9 Å². The number of thiazole rings is 1. The van der Waals surface area contributed by atoms with Crippen molar-refractivity contribution in [3.63, 3.8) is 0 Å². The van der Waals surface area contributed by atoms with Gasteiger partial charge in [-0.25, -0.2) is 18.2 Å². The lowest BCUT2D eigenvalue weighted by Crippen LogP contribution is -2.39. The maximum Gasteiger partial charge on any atom is 0.347 e. The van der Waals surface area contributed by atoms with Gasteiger partial charge in [-0.2, -0.15) is 9.97 Å². The second-order valence-corrected chi connectivity index (χ2v) is 12.3. The quantitative estimate of drug-likeness (QED) is 0.388. The van der Waals surface area contributed by atoms with Crippen LogP contribution in [0, 0.1) is 6.92 Å². The van der Waals surface area contributed by atoms with Gasteiger partial charge in [0.15, 0.2) is 26.6 Å². The Kier molecular flexibility index (Phi) is 7.11. The molecule has 0 spiro atoms. The van der Waals surface area contributed by atoms with Crippen molar-refractivity contribution in [3.8, 4) is 5.75 Å². The van der Waals surface area contributed by atoms with E-state index in [0.29, 0.717) is 73.8 Å². The van der Waals surface area contributed by atoms with Crippen LogP contribution in [0.15, 0.2) is 29.2 Å². The average molecular weight is 561 g/mol. The van der Waals surface area contributed by atoms with Crippen LogP contribution in [0.25, 0.3) is 0 Å². The van der Waals surface area contributed by atoms with Crippen LogP contribution in [-0.2, 0) is 16.4 Å². The van der Waals surface area contributed by atoms with Gasteiger partial charge >= 0.3 is 5.97 Å². The predicted molar refractivity (Wildman–Crippen MR) is 143 cm³/mol. The minimum Gasteiger partial charge on any atom is -0.485 e. The van der Waals surface area contributed by atoms with Gasteiger partial charge in [-0.1, -0.05) is 23.5 Å². The van der Waals surface area contributed by atoms with E-state index in [-0.39, 0.29) is 21.8 Å². The number of rotatable bonds is 7. The van der Waals surface area contributed by atoms with E-state index in [0.717, 1.165) is 16.9 Å². The number of benzene rings is 1. The monoisotopic (exact) mass is 560 g/mol. The van der Waals surface area contributed by atoms with Crippen LogP contribution in [0.3, 0.4) is 0 Å². The van der Waals surface area contributed by atoms with E-state index in [1.54, 1.807) is 31.2 Å². The van der Waals surface area contributed by atoms with Crippen LogP contribution in [0.5, 0.6) is 5.75 Å². The molecular weight excluding hydrogens is 532 g/mol. The second-order valence-electron chi connectivity index (χ2n) is 9.29. The number of aromatic carboxylic acids is 1. The number of aliphatic hydroxyl groups excluding tert-OH is 1. The molecule has 5 rings (SSSR count). The summed E-state index contributed by atoms with van der Waals surface area (Å²) in [5, 5.41) is 22.8. The molecule has 202 valence electrons. The molecule has 1 fully saturated rings. The first-order chi connectivity index (χ1) is 18.1. The van der Waals surface area contributed by atoms with Gasteiger partial charge in [0.2, 0.25) is 11.7 Å². The molecule has 0 radical (unpaired) electrons. The smallest absolute Gasteiger partial charge is 0.347 e. The van der Waals surface area contributed by atoms with E-state index >= 15 is 0 Å². The molecule has 1 saturated heterocycles. The lowest BCUT2D eigenvalue weighted by atomic mass is 10.1. The van der Waals surface area contributed by atoms with Gasteiger partial charge in [0.1, 0.15) is 11.5 Å². The van der Waals surface area contributed by atoms with Crippen molar-refractivity contribution in [2.45, 2.75) is 37.3 Å². The molecule has 2 aliphatic rings. The number of carboxylic acid groups (broad SMARTS) is 1. The summed E-state index contributed by atoms with van der Waals surface area (Å²) in [4.78, 5) is 29.7. The topological polar surface area (TPSA) is 158 Å². The molecule has 2 aromatic heterocycles. The zero-order chi connectivity index (χ0) is 27.0. The van der Waals surface area contributed by atoms with Crippen molar-refractivity contribution in [1.82, 2.24) is 15.0 Å². The molecule has 12 nitrogen and oxygen atoms in total. The minimum atomic E-state index is -3.29. The molecule has 0 aliphatic carbocycles. The SMILES string of the molecule is Cc1nc(Nc2nc(N3CCC(O)CC3)c3c(n2)N(Cc2ccc(S(C)(=O)=O)cc2)CCO3)sc1C(=O)O. The Hall–Kier alpha value is -3.49. The number of piperidine rings is 1. The summed E-state index contributed by atoms with van der Waals surface area (Å²) in [5.41, 5.74) is 1.30. The second kappa shape index (κ2) is 10.3. The zero-order valence-electron chi connectivity index (χ0n) is 20.9. The zero-order valence-corrected chi connectivity index (χ0v) is 22.5. The largest absolute Gasteiger partial charge is 0.485 e. The van der Waals surface area contributed by atoms with E-state index in [1.165, 1.54) is 6.26 Å². The summed E-state index contributed by atoms with van der Waals surface area (Å²) in [6, 6.07) is 6.75. The number of aryl methyl sites for hydroxylation is 1. The maximum absolute atomic E-state index is 11.8. The number of hydrogen-bond acceptors (Lipinski definition) is 12. The number of fused-ring (bicyclic) bond motifs is 1. The molecule has 3 N–H and O–H groups in total. The van der Waals surface area contributed by atoms with Gasteiger partial charge in [-0.3, -0.25) is 5.32 Å². The predicted octanol–water partition coefficient (Wildman–Crippen LogP) is 2.45. The summed E-state index contributed by atoms with van der Waals surface area (Å²) >= 11 is 1.01. The number of nitrogens with zero attached hydrogens (tertiary/aromatic N) is 5. The Morgan fingerprint density at radius 3 is 2.45 bits per heavy atom. The Morgan fingerprint density at radius 1 is 1.13 bits per heavy atom. The van der Waals surface area contributed by atoms with E-state index in [4.69, 9.17) is 14.7 Å². The number of aromatic nitrogens is 3. The van der Waals surface area contributed by atoms with Crippen molar-refractivity contribution in [1.29, 1.82) is 0 Å². The average Bonchev–Trinajstić information content (AvgIpc) is 3.24. The minimum absolute atomic E-state index is 0.137. The molecular formula is C24H28N6O6S2. The van der Waals surface area contributed by atoms with Crippen LogP contribution in [0.4, 0.5) is 22.7 Å². The molecule has 0 unspecified atom stereocenters. The summed E-state index contributed by atoms with van der Waals surface area (Å²) in [5.74, 6) is 0.890. The fourth-order valence-electron chi connectivity index (χ4n) is 4.44. The lowest BCUT2D eigenvalue weighted by Gasteiger charge is -2.36.